The van der Waals surface area contributed by atoms with Crippen LogP contribution >= 0.6 is 0 Å². The van der Waals surface area contributed by atoms with E-state index in [1.807, 2.05) is 0 Å². The Balaban J connectivity index is 2.46. The number of hydrogen-bond donors (Lipinski definition) is 1. The zero-order chi connectivity index (χ0) is 15.2. The lowest BCUT2D eigenvalue weighted by Crippen LogP contribution is -2.61. The first-order valence-corrected chi connectivity index (χ1v) is 8.53. The maximum absolute atomic E-state index is 6.12. The lowest BCUT2D eigenvalue weighted by atomic mass is 9.91. The fourth-order valence-corrected chi connectivity index (χ4v) is 3.24. The van der Waals surface area contributed by atoms with Crippen LogP contribution in [0.25, 0.3) is 0 Å². The molecule has 0 aromatic rings. The largest absolute Gasteiger partial charge is 0.329 e. The third kappa shape index (κ3) is 5.01. The van der Waals surface area contributed by atoms with Gasteiger partial charge in [-0.25, -0.2) is 0 Å². The van der Waals surface area contributed by atoms with E-state index in [0.717, 1.165) is 6.54 Å². The average Bonchev–Trinajstić information content (AvgIpc) is 2.42. The third-order valence-corrected chi connectivity index (χ3v) is 5.00. The van der Waals surface area contributed by atoms with Crippen LogP contribution in [0.5, 0.6) is 0 Å². The first-order valence-electron chi connectivity index (χ1n) is 8.53. The van der Waals surface area contributed by atoms with Crippen molar-refractivity contribution in [2.75, 3.05) is 32.7 Å². The van der Waals surface area contributed by atoms with Gasteiger partial charge < -0.3 is 5.73 Å². The summed E-state index contributed by atoms with van der Waals surface area (Å²) in [5.41, 5.74) is 6.62. The molecular weight excluding hydrogens is 246 g/mol. The zero-order valence-electron chi connectivity index (χ0n) is 14.5. The van der Waals surface area contributed by atoms with Crippen molar-refractivity contribution in [2.24, 2.45) is 5.73 Å². The van der Waals surface area contributed by atoms with E-state index in [1.54, 1.807) is 0 Å². The van der Waals surface area contributed by atoms with Gasteiger partial charge in [0.2, 0.25) is 0 Å². The van der Waals surface area contributed by atoms with Crippen LogP contribution in [0.15, 0.2) is 0 Å². The van der Waals surface area contributed by atoms with E-state index in [2.05, 4.69) is 44.4 Å². The smallest absolute Gasteiger partial charge is 0.0304 e. The summed E-state index contributed by atoms with van der Waals surface area (Å²) in [4.78, 5) is 5.23. The van der Waals surface area contributed by atoms with Gasteiger partial charge in [0, 0.05) is 43.8 Å². The second kappa shape index (κ2) is 7.77. The molecule has 120 valence electrons. The fraction of sp³-hybridized carbons (Fsp3) is 1.00. The monoisotopic (exact) mass is 283 g/mol. The van der Waals surface area contributed by atoms with Crippen LogP contribution in [0.4, 0.5) is 0 Å². The molecule has 1 aliphatic heterocycles. The summed E-state index contributed by atoms with van der Waals surface area (Å²) in [6.07, 6.45) is 6.59. The molecule has 0 aliphatic carbocycles. The zero-order valence-corrected chi connectivity index (χ0v) is 14.5. The van der Waals surface area contributed by atoms with Crippen molar-refractivity contribution in [1.82, 2.24) is 9.80 Å². The molecule has 0 radical (unpaired) electrons. The number of nitrogens with zero attached hydrogens (tertiary/aromatic N) is 2. The van der Waals surface area contributed by atoms with Crippen LogP contribution < -0.4 is 5.73 Å². The minimum Gasteiger partial charge on any atom is -0.329 e. The highest BCUT2D eigenvalue weighted by Gasteiger charge is 2.34. The van der Waals surface area contributed by atoms with Crippen molar-refractivity contribution in [1.29, 1.82) is 0 Å². The Kier molecular flexibility index (Phi) is 6.96. The van der Waals surface area contributed by atoms with Gasteiger partial charge >= 0.3 is 0 Å². The van der Waals surface area contributed by atoms with Crippen LogP contribution in [-0.2, 0) is 0 Å². The Morgan fingerprint density at radius 2 is 1.40 bits per heavy atom. The molecule has 1 atom stereocenters. The van der Waals surface area contributed by atoms with Crippen LogP contribution in [0, 0.1) is 0 Å². The highest BCUT2D eigenvalue weighted by molar-refractivity contribution is 4.92. The van der Waals surface area contributed by atoms with Crippen molar-refractivity contribution >= 4 is 0 Å². The first kappa shape index (κ1) is 17.9. The number of rotatable bonds is 7. The molecule has 0 spiro atoms. The van der Waals surface area contributed by atoms with Gasteiger partial charge in [-0.3, -0.25) is 9.80 Å². The number of nitrogens with two attached hydrogens (primary N) is 1. The Bertz CT molecular complexity index is 264. The quantitative estimate of drug-likeness (QED) is 0.729. The summed E-state index contributed by atoms with van der Waals surface area (Å²) in [6, 6.07) is 0. The Morgan fingerprint density at radius 3 is 1.85 bits per heavy atom. The Hall–Kier alpha value is -0.120. The summed E-state index contributed by atoms with van der Waals surface area (Å²) in [7, 11) is 0. The third-order valence-electron chi connectivity index (χ3n) is 5.00. The summed E-state index contributed by atoms with van der Waals surface area (Å²) in [5.74, 6) is 0. The number of piperazine rings is 1. The molecule has 2 N–H and O–H groups in total. The van der Waals surface area contributed by atoms with Gasteiger partial charge in [-0.2, -0.15) is 0 Å². The molecule has 1 heterocycles. The molecular formula is C17H37N3. The molecule has 0 saturated carbocycles. The molecule has 1 rings (SSSR count). The van der Waals surface area contributed by atoms with Gasteiger partial charge in [-0.05, 0) is 34.1 Å². The van der Waals surface area contributed by atoms with Gasteiger partial charge in [0.1, 0.15) is 0 Å². The van der Waals surface area contributed by atoms with Gasteiger partial charge in [-0.15, -0.1) is 0 Å². The number of unbranched alkanes of at least 4 members (excludes halogenated alkanes) is 3. The first-order chi connectivity index (χ1) is 9.33. The van der Waals surface area contributed by atoms with Crippen molar-refractivity contribution in [2.45, 2.75) is 77.8 Å². The normalized spacial score (nSPS) is 21.9. The molecule has 0 aromatic carbocycles. The second-order valence-corrected chi connectivity index (χ2v) is 7.66. The highest BCUT2D eigenvalue weighted by Crippen LogP contribution is 2.25. The summed E-state index contributed by atoms with van der Waals surface area (Å²) >= 11 is 0. The highest BCUT2D eigenvalue weighted by atomic mass is 15.3. The Morgan fingerprint density at radius 1 is 0.850 bits per heavy atom. The van der Waals surface area contributed by atoms with E-state index >= 15 is 0 Å². The molecule has 20 heavy (non-hydrogen) atoms. The van der Waals surface area contributed by atoms with Crippen molar-refractivity contribution in [3.8, 4) is 0 Å². The summed E-state index contributed by atoms with van der Waals surface area (Å²) in [6.45, 7) is 17.0. The SMILES string of the molecule is CCCCCCC(C)(CN)N1CCN(C(C)(C)C)CC1. The van der Waals surface area contributed by atoms with E-state index in [9.17, 15) is 0 Å². The van der Waals surface area contributed by atoms with E-state index < -0.39 is 0 Å². The maximum Gasteiger partial charge on any atom is 0.0304 e. The maximum atomic E-state index is 6.12. The fourth-order valence-electron chi connectivity index (χ4n) is 3.24. The number of hydrogen-bond acceptors (Lipinski definition) is 3. The Labute approximate surface area is 126 Å². The predicted octanol–water partition coefficient (Wildman–Crippen LogP) is 3.09. The van der Waals surface area contributed by atoms with E-state index in [0.29, 0.717) is 5.54 Å². The van der Waals surface area contributed by atoms with Gasteiger partial charge in [-0.1, -0.05) is 32.6 Å². The lowest BCUT2D eigenvalue weighted by Gasteiger charge is -2.48. The minimum atomic E-state index is 0.206. The van der Waals surface area contributed by atoms with E-state index in [4.69, 9.17) is 5.73 Å². The molecule has 1 aliphatic rings. The molecule has 1 fully saturated rings. The van der Waals surface area contributed by atoms with Crippen LogP contribution in [0.3, 0.4) is 0 Å². The van der Waals surface area contributed by atoms with E-state index in [-0.39, 0.29) is 5.54 Å². The molecule has 3 nitrogen and oxygen atoms in total. The van der Waals surface area contributed by atoms with Crippen molar-refractivity contribution in [3.05, 3.63) is 0 Å². The minimum absolute atomic E-state index is 0.206. The summed E-state index contributed by atoms with van der Waals surface area (Å²) in [5, 5.41) is 0. The molecule has 1 unspecified atom stereocenters. The van der Waals surface area contributed by atoms with Crippen molar-refractivity contribution in [3.63, 3.8) is 0 Å². The topological polar surface area (TPSA) is 32.5 Å². The molecule has 0 amide bonds. The average molecular weight is 284 g/mol. The molecule has 0 bridgehead atoms. The van der Waals surface area contributed by atoms with Crippen LogP contribution in [-0.4, -0.2) is 53.6 Å². The summed E-state index contributed by atoms with van der Waals surface area (Å²) < 4.78 is 0. The second-order valence-electron chi connectivity index (χ2n) is 7.66. The lowest BCUT2D eigenvalue weighted by molar-refractivity contribution is 0.00674. The van der Waals surface area contributed by atoms with Crippen LogP contribution in [0.2, 0.25) is 0 Å². The van der Waals surface area contributed by atoms with Gasteiger partial charge in [0.05, 0.1) is 0 Å². The van der Waals surface area contributed by atoms with E-state index in [1.165, 1.54) is 58.3 Å². The van der Waals surface area contributed by atoms with Crippen LogP contribution in [0.1, 0.15) is 66.7 Å². The standard InChI is InChI=1S/C17H37N3/c1-6-7-8-9-10-17(5,15-18)20-13-11-19(12-14-20)16(2,3)4/h6-15,18H2,1-5H3. The van der Waals surface area contributed by atoms with Gasteiger partial charge in [0.25, 0.3) is 0 Å². The predicted molar refractivity (Wildman–Crippen MR) is 89.1 cm³/mol. The molecule has 1 saturated heterocycles. The van der Waals surface area contributed by atoms with Gasteiger partial charge in [0.15, 0.2) is 0 Å². The van der Waals surface area contributed by atoms with Crippen molar-refractivity contribution < 1.29 is 0 Å². The molecule has 0 aromatic heterocycles. The molecule has 3 heteroatoms.